The van der Waals surface area contributed by atoms with E-state index >= 15 is 0 Å². The summed E-state index contributed by atoms with van der Waals surface area (Å²) in [5, 5.41) is 2.59. The van der Waals surface area contributed by atoms with Crippen LogP contribution < -0.4 is 5.32 Å². The molecule has 3 rings (SSSR count). The number of carbonyl (C=O) groups excluding carboxylic acids is 3. The zero-order valence-corrected chi connectivity index (χ0v) is 13.7. The molecule has 2 aromatic rings. The molecule has 1 saturated heterocycles. The summed E-state index contributed by atoms with van der Waals surface area (Å²) in [5.41, 5.74) is 1.61. The normalized spacial score (nSPS) is 16.7. The average Bonchev–Trinajstić information content (AvgIpc) is 3.01. The van der Waals surface area contributed by atoms with E-state index in [4.69, 9.17) is 0 Å². The van der Waals surface area contributed by atoms with E-state index < -0.39 is 17.7 Å². The van der Waals surface area contributed by atoms with Gasteiger partial charge in [0, 0.05) is 19.2 Å². The standard InChI is InChI=1S/C19H19N3O3/c23-17-10-9-16(22(17)13-14-6-2-1-3-7-14)18(24)19(25)21-12-15-8-4-5-11-20-15/h1-8,11,16H,9-10,12-13H2,(H,21,25). The Labute approximate surface area is 145 Å². The van der Waals surface area contributed by atoms with Crippen molar-refractivity contribution in [1.29, 1.82) is 0 Å². The van der Waals surface area contributed by atoms with Crippen molar-refractivity contribution in [3.05, 3.63) is 66.0 Å². The van der Waals surface area contributed by atoms with Gasteiger partial charge in [-0.15, -0.1) is 0 Å². The number of nitrogens with one attached hydrogen (secondary N) is 1. The predicted octanol–water partition coefficient (Wildman–Crippen LogP) is 1.46. The van der Waals surface area contributed by atoms with Gasteiger partial charge in [0.15, 0.2) is 0 Å². The van der Waals surface area contributed by atoms with E-state index in [0.717, 1.165) is 5.56 Å². The number of nitrogens with zero attached hydrogens (tertiary/aromatic N) is 2. The average molecular weight is 337 g/mol. The highest BCUT2D eigenvalue weighted by molar-refractivity contribution is 6.38. The highest BCUT2D eigenvalue weighted by Crippen LogP contribution is 2.22. The van der Waals surface area contributed by atoms with E-state index in [-0.39, 0.29) is 18.9 Å². The second kappa shape index (κ2) is 7.70. The van der Waals surface area contributed by atoms with E-state index in [1.807, 2.05) is 36.4 Å². The molecule has 1 aromatic carbocycles. The quantitative estimate of drug-likeness (QED) is 0.809. The summed E-state index contributed by atoms with van der Waals surface area (Å²) < 4.78 is 0. The topological polar surface area (TPSA) is 79.4 Å². The van der Waals surface area contributed by atoms with Gasteiger partial charge in [-0.3, -0.25) is 19.4 Å². The number of Topliss-reactive ketones (excluding diaryl/α,β-unsaturated/α-hetero) is 1. The molecule has 6 heteroatoms. The fraction of sp³-hybridized carbons (Fsp3) is 0.263. The smallest absolute Gasteiger partial charge is 0.289 e. The number of likely N-dealkylation sites (tertiary alicyclic amines) is 1. The molecule has 128 valence electrons. The van der Waals surface area contributed by atoms with Crippen molar-refractivity contribution in [2.24, 2.45) is 0 Å². The summed E-state index contributed by atoms with van der Waals surface area (Å²) >= 11 is 0. The lowest BCUT2D eigenvalue weighted by Gasteiger charge is -2.23. The van der Waals surface area contributed by atoms with Gasteiger partial charge in [-0.2, -0.15) is 0 Å². The van der Waals surface area contributed by atoms with Crippen molar-refractivity contribution in [2.75, 3.05) is 0 Å². The third-order valence-corrected chi connectivity index (χ3v) is 4.21. The van der Waals surface area contributed by atoms with Crippen molar-refractivity contribution in [3.63, 3.8) is 0 Å². The third-order valence-electron chi connectivity index (χ3n) is 4.21. The van der Waals surface area contributed by atoms with Crippen LogP contribution >= 0.6 is 0 Å². The number of carbonyl (C=O) groups is 3. The molecule has 25 heavy (non-hydrogen) atoms. The lowest BCUT2D eigenvalue weighted by molar-refractivity contribution is -0.143. The minimum Gasteiger partial charge on any atom is -0.344 e. The minimum absolute atomic E-state index is 0.0975. The molecule has 1 aromatic heterocycles. The van der Waals surface area contributed by atoms with Crippen LogP contribution in [0.15, 0.2) is 54.7 Å². The molecule has 2 heterocycles. The molecule has 0 bridgehead atoms. The maximum absolute atomic E-state index is 12.5. The van der Waals surface area contributed by atoms with Crippen LogP contribution in [0.25, 0.3) is 0 Å². The fourth-order valence-electron chi connectivity index (χ4n) is 2.90. The molecule has 1 atom stereocenters. The molecule has 0 radical (unpaired) electrons. The molecule has 0 spiro atoms. The van der Waals surface area contributed by atoms with Crippen molar-refractivity contribution in [3.8, 4) is 0 Å². The highest BCUT2D eigenvalue weighted by Gasteiger charge is 2.38. The van der Waals surface area contributed by atoms with Gasteiger partial charge >= 0.3 is 0 Å². The Morgan fingerprint density at radius 2 is 1.88 bits per heavy atom. The summed E-state index contributed by atoms with van der Waals surface area (Å²) in [5.74, 6) is -1.35. The van der Waals surface area contributed by atoms with Gasteiger partial charge in [-0.25, -0.2) is 0 Å². The zero-order valence-electron chi connectivity index (χ0n) is 13.7. The Morgan fingerprint density at radius 1 is 1.12 bits per heavy atom. The van der Waals surface area contributed by atoms with Crippen LogP contribution in [0.4, 0.5) is 0 Å². The first kappa shape index (κ1) is 16.8. The Kier molecular flexibility index (Phi) is 5.18. The van der Waals surface area contributed by atoms with Crippen LogP contribution in [-0.2, 0) is 27.5 Å². The fourth-order valence-corrected chi connectivity index (χ4v) is 2.90. The first-order valence-electron chi connectivity index (χ1n) is 8.20. The Hall–Kier alpha value is -3.02. The number of benzene rings is 1. The highest BCUT2D eigenvalue weighted by atomic mass is 16.2. The summed E-state index contributed by atoms with van der Waals surface area (Å²) in [6.07, 6.45) is 2.29. The van der Waals surface area contributed by atoms with E-state index in [1.54, 1.807) is 18.3 Å². The number of amides is 2. The molecule has 2 amide bonds. The van der Waals surface area contributed by atoms with Crippen LogP contribution in [-0.4, -0.2) is 33.5 Å². The van der Waals surface area contributed by atoms with Crippen LogP contribution in [0.5, 0.6) is 0 Å². The first-order chi connectivity index (χ1) is 12.1. The largest absolute Gasteiger partial charge is 0.344 e. The van der Waals surface area contributed by atoms with Crippen LogP contribution in [0, 0.1) is 0 Å². The van der Waals surface area contributed by atoms with Gasteiger partial charge < -0.3 is 10.2 Å². The van der Waals surface area contributed by atoms with Gasteiger partial charge in [0.1, 0.15) is 6.04 Å². The Balaban J connectivity index is 1.63. The summed E-state index contributed by atoms with van der Waals surface area (Å²) in [6, 6.07) is 14.1. The van der Waals surface area contributed by atoms with Gasteiger partial charge in [0.05, 0.1) is 12.2 Å². The maximum Gasteiger partial charge on any atom is 0.289 e. The zero-order chi connectivity index (χ0) is 17.6. The van der Waals surface area contributed by atoms with E-state index in [1.165, 1.54) is 4.90 Å². The van der Waals surface area contributed by atoms with Crippen molar-refractivity contribution in [1.82, 2.24) is 15.2 Å². The van der Waals surface area contributed by atoms with Gasteiger partial charge in [0.2, 0.25) is 11.7 Å². The number of rotatable bonds is 6. The SMILES string of the molecule is O=C(NCc1ccccn1)C(=O)C1CCC(=O)N1Cc1ccccc1. The minimum atomic E-state index is -0.698. The van der Waals surface area contributed by atoms with Gasteiger partial charge in [-0.05, 0) is 24.1 Å². The molecule has 1 aliphatic rings. The van der Waals surface area contributed by atoms with Gasteiger partial charge in [-0.1, -0.05) is 36.4 Å². The molecule has 0 saturated carbocycles. The van der Waals surface area contributed by atoms with Gasteiger partial charge in [0.25, 0.3) is 5.91 Å². The molecule has 1 unspecified atom stereocenters. The second-order valence-electron chi connectivity index (χ2n) is 5.93. The number of pyridine rings is 1. The van der Waals surface area contributed by atoms with Crippen LogP contribution in [0.3, 0.4) is 0 Å². The Bertz CT molecular complexity index is 762. The van der Waals surface area contributed by atoms with E-state index in [2.05, 4.69) is 10.3 Å². The molecule has 0 aliphatic carbocycles. The Morgan fingerprint density at radius 3 is 2.60 bits per heavy atom. The van der Waals surface area contributed by atoms with Crippen molar-refractivity contribution >= 4 is 17.6 Å². The molecule has 1 aliphatic heterocycles. The number of aromatic nitrogens is 1. The van der Waals surface area contributed by atoms with Crippen molar-refractivity contribution in [2.45, 2.75) is 32.0 Å². The summed E-state index contributed by atoms with van der Waals surface area (Å²) in [6.45, 7) is 0.522. The maximum atomic E-state index is 12.5. The second-order valence-corrected chi connectivity index (χ2v) is 5.93. The third kappa shape index (κ3) is 4.09. The summed E-state index contributed by atoms with van der Waals surface area (Å²) in [4.78, 5) is 42.4. The lowest BCUT2D eigenvalue weighted by atomic mass is 10.1. The monoisotopic (exact) mass is 337 g/mol. The number of hydrogen-bond acceptors (Lipinski definition) is 4. The molecular weight excluding hydrogens is 318 g/mol. The predicted molar refractivity (Wildman–Crippen MR) is 91.1 cm³/mol. The molecule has 6 nitrogen and oxygen atoms in total. The molecule has 1 N–H and O–H groups in total. The van der Waals surface area contributed by atoms with Crippen LogP contribution in [0.1, 0.15) is 24.1 Å². The van der Waals surface area contributed by atoms with E-state index in [9.17, 15) is 14.4 Å². The lowest BCUT2D eigenvalue weighted by Crippen LogP contribution is -2.45. The molecule has 1 fully saturated rings. The first-order valence-corrected chi connectivity index (χ1v) is 8.20. The van der Waals surface area contributed by atoms with E-state index in [0.29, 0.717) is 18.7 Å². The molecular formula is C19H19N3O3. The summed E-state index contributed by atoms with van der Waals surface area (Å²) in [7, 11) is 0. The number of ketones is 1. The van der Waals surface area contributed by atoms with Crippen molar-refractivity contribution < 1.29 is 14.4 Å². The number of hydrogen-bond donors (Lipinski definition) is 1. The van der Waals surface area contributed by atoms with Crippen LogP contribution in [0.2, 0.25) is 0 Å².